The summed E-state index contributed by atoms with van der Waals surface area (Å²) in [6.45, 7) is 14.3. The molecule has 0 heterocycles. The van der Waals surface area contributed by atoms with Crippen molar-refractivity contribution in [3.05, 3.63) is 102 Å². The van der Waals surface area contributed by atoms with E-state index in [1.54, 1.807) is 27.6 Å². The van der Waals surface area contributed by atoms with Crippen LogP contribution in [0.5, 0.6) is 0 Å². The third-order valence-electron chi connectivity index (χ3n) is 10.6. The quantitative estimate of drug-likeness (QED) is 0.0801. The second-order valence-electron chi connectivity index (χ2n) is 15.8. The Labute approximate surface area is 334 Å². The van der Waals surface area contributed by atoms with Crippen LogP contribution in [0.4, 0.5) is 5.69 Å². The van der Waals surface area contributed by atoms with Gasteiger partial charge in [0.15, 0.2) is 0 Å². The zero-order chi connectivity index (χ0) is 38.7. The second kappa shape index (κ2) is 20.6. The summed E-state index contributed by atoms with van der Waals surface area (Å²) < 4.78 is 27.0. The van der Waals surface area contributed by atoms with Crippen molar-refractivity contribution in [3.63, 3.8) is 0 Å². The van der Waals surface area contributed by atoms with E-state index in [0.29, 0.717) is 24.0 Å². The summed E-state index contributed by atoms with van der Waals surface area (Å²) in [7, 11) is -3.79. The van der Waals surface area contributed by atoms with Gasteiger partial charge in [-0.05, 0) is 87.9 Å². The van der Waals surface area contributed by atoms with Gasteiger partial charge in [-0.2, -0.15) is 8.42 Å². The molecular weight excluding hydrogens is 784 g/mol. The molecule has 0 amide bonds. The number of hydrogen-bond acceptors (Lipinski definition) is 3. The van der Waals surface area contributed by atoms with Crippen molar-refractivity contribution in [2.75, 3.05) is 12.0 Å². The SMILES string of the molecule is CC(C)c1cc(C(C)C)c(-c2ccccc2P(C2CCCCC2)C2CCCCC2)c(C(C)C)c1.CS(=O)(=O)O.Nc1ccccc1-c1cccc[c]1[Pd]. The van der Waals surface area contributed by atoms with Crippen molar-refractivity contribution < 1.29 is 32.2 Å². The minimum atomic E-state index is -3.67. The second-order valence-corrected chi connectivity index (χ2v) is 20.9. The van der Waals surface area contributed by atoms with Crippen molar-refractivity contribution in [2.24, 2.45) is 0 Å². The van der Waals surface area contributed by atoms with Gasteiger partial charge in [-0.15, -0.1) is 0 Å². The number of rotatable bonds is 8. The monoisotopic (exact) mass is 846 g/mol. The van der Waals surface area contributed by atoms with Crippen LogP contribution in [-0.2, 0) is 29.3 Å². The predicted molar refractivity (Wildman–Crippen MR) is 228 cm³/mol. The average Bonchev–Trinajstić information content (AvgIpc) is 3.12. The molecule has 0 aromatic heterocycles. The van der Waals surface area contributed by atoms with Crippen LogP contribution in [-0.4, -0.2) is 30.5 Å². The number of benzene rings is 4. The van der Waals surface area contributed by atoms with Gasteiger partial charge in [-0.1, -0.05) is 124 Å². The summed E-state index contributed by atoms with van der Waals surface area (Å²) in [5, 5.41) is 1.75. The molecule has 0 saturated heterocycles. The van der Waals surface area contributed by atoms with Gasteiger partial charge < -0.3 is 0 Å². The van der Waals surface area contributed by atoms with Gasteiger partial charge in [0.2, 0.25) is 0 Å². The number of nitrogens with two attached hydrogens (primary N) is 1. The van der Waals surface area contributed by atoms with E-state index in [0.717, 1.165) is 32.2 Å². The van der Waals surface area contributed by atoms with Gasteiger partial charge in [0.05, 0.1) is 6.26 Å². The zero-order valence-corrected chi connectivity index (χ0v) is 36.3. The third-order valence-corrected chi connectivity index (χ3v) is 14.8. The number of anilines is 1. The summed E-state index contributed by atoms with van der Waals surface area (Å²) in [4.78, 5) is 0. The number of para-hydroxylation sites is 1. The normalized spacial score (nSPS) is 15.7. The summed E-state index contributed by atoms with van der Waals surface area (Å²) in [6, 6.07) is 30.8. The van der Waals surface area contributed by atoms with Crippen LogP contribution in [0.1, 0.15) is 140 Å². The minimum absolute atomic E-state index is 0.120. The van der Waals surface area contributed by atoms with E-state index < -0.39 is 10.1 Å². The molecule has 2 fully saturated rings. The average molecular weight is 847 g/mol. The van der Waals surface area contributed by atoms with Gasteiger partial charge in [0, 0.05) is 0 Å². The topological polar surface area (TPSA) is 80.4 Å². The molecule has 2 saturated carbocycles. The summed E-state index contributed by atoms with van der Waals surface area (Å²) in [5.41, 5.74) is 18.7. The first-order chi connectivity index (χ1) is 25.2. The molecule has 2 aliphatic carbocycles. The Bertz CT molecular complexity index is 1760. The first-order valence-corrected chi connectivity index (χ1v) is 23.8. The molecule has 4 aromatic carbocycles. The molecular formula is C46H63NO3PPdS. The van der Waals surface area contributed by atoms with Crippen LogP contribution >= 0.6 is 7.92 Å². The van der Waals surface area contributed by atoms with Crippen molar-refractivity contribution >= 4 is 33.1 Å². The fourth-order valence-electron chi connectivity index (χ4n) is 7.99. The van der Waals surface area contributed by atoms with Crippen LogP contribution in [0.15, 0.2) is 84.9 Å². The van der Waals surface area contributed by atoms with Crippen LogP contribution in [0.2, 0.25) is 0 Å². The molecule has 6 rings (SSSR count). The van der Waals surface area contributed by atoms with Crippen molar-refractivity contribution in [1.82, 2.24) is 0 Å². The molecule has 0 bridgehead atoms. The van der Waals surface area contributed by atoms with Crippen LogP contribution < -0.4 is 15.1 Å². The Balaban J connectivity index is 0.000000271. The Kier molecular flexibility index (Phi) is 16.8. The van der Waals surface area contributed by atoms with E-state index in [-0.39, 0.29) is 7.92 Å². The van der Waals surface area contributed by atoms with Crippen molar-refractivity contribution in [1.29, 1.82) is 0 Å². The number of nitrogen functional groups attached to an aromatic ring is 1. The van der Waals surface area contributed by atoms with Crippen molar-refractivity contribution in [3.8, 4) is 22.3 Å². The molecule has 53 heavy (non-hydrogen) atoms. The Hall–Kier alpha value is -2.32. The van der Waals surface area contributed by atoms with Gasteiger partial charge in [0.25, 0.3) is 10.1 Å². The molecule has 3 N–H and O–H groups in total. The first-order valence-electron chi connectivity index (χ1n) is 19.7. The molecule has 0 unspecified atom stereocenters. The molecule has 0 radical (unpaired) electrons. The molecule has 0 atom stereocenters. The molecule has 2 aliphatic rings. The summed E-state index contributed by atoms with van der Waals surface area (Å²) in [5.74, 6) is 1.64. The van der Waals surface area contributed by atoms with E-state index in [1.165, 1.54) is 69.8 Å². The maximum absolute atomic E-state index is 9.19. The molecule has 4 nitrogen and oxygen atoms in total. The van der Waals surface area contributed by atoms with E-state index in [1.807, 2.05) is 42.5 Å². The summed E-state index contributed by atoms with van der Waals surface area (Å²) >= 11 is 3.23. The summed E-state index contributed by atoms with van der Waals surface area (Å²) in [6.07, 6.45) is 15.3. The van der Waals surface area contributed by atoms with E-state index in [4.69, 9.17) is 10.3 Å². The van der Waals surface area contributed by atoms with Crippen LogP contribution in [0.25, 0.3) is 22.3 Å². The van der Waals surface area contributed by atoms with Gasteiger partial charge in [0.1, 0.15) is 0 Å². The molecule has 0 aliphatic heterocycles. The molecule has 7 heteroatoms. The predicted octanol–water partition coefficient (Wildman–Crippen LogP) is 12.1. The van der Waals surface area contributed by atoms with Crippen LogP contribution in [0, 0.1) is 0 Å². The van der Waals surface area contributed by atoms with E-state index >= 15 is 0 Å². The number of hydrogen-bond donors (Lipinski definition) is 2. The fourth-order valence-corrected chi connectivity index (χ4v) is 12.4. The Morgan fingerprint density at radius 1 is 0.642 bits per heavy atom. The Morgan fingerprint density at radius 3 is 1.49 bits per heavy atom. The van der Waals surface area contributed by atoms with E-state index in [9.17, 15) is 8.42 Å². The maximum atomic E-state index is 9.19. The fraction of sp³-hybridized carbons (Fsp3) is 0.478. The van der Waals surface area contributed by atoms with Crippen LogP contribution in [0.3, 0.4) is 0 Å². The Morgan fingerprint density at radius 2 is 1.06 bits per heavy atom. The van der Waals surface area contributed by atoms with Crippen molar-refractivity contribution in [2.45, 2.75) is 135 Å². The zero-order valence-electron chi connectivity index (χ0n) is 33.1. The molecule has 291 valence electrons. The van der Waals surface area contributed by atoms with Gasteiger partial charge in [-0.25, -0.2) is 0 Å². The van der Waals surface area contributed by atoms with E-state index in [2.05, 4.69) is 103 Å². The van der Waals surface area contributed by atoms with Gasteiger partial charge in [-0.3, -0.25) is 4.55 Å². The molecule has 0 spiro atoms. The standard InChI is InChI=1S/C33H49P.C12H10N.CH4O3S.Pd/c1-23(2)26-21-30(24(3)4)33(31(22-26)25(5)6)29-19-13-14-20-32(29)34(27-15-9-7-10-16-27)28-17-11-8-12-18-28;13-12-9-5-4-8-11(12)10-6-2-1-3-7-10;1-5(2,3)4;/h13-14,19-25,27-28H,7-12,15-18H2,1-6H3;1-6,8-9H,13H2;1H3,(H,2,3,4);. The van der Waals surface area contributed by atoms with Gasteiger partial charge >= 0.3 is 94.3 Å². The molecule has 4 aromatic rings. The first kappa shape index (κ1) is 43.4. The third kappa shape index (κ3) is 12.6.